The van der Waals surface area contributed by atoms with E-state index in [0.717, 1.165) is 46.4 Å². The van der Waals surface area contributed by atoms with Crippen LogP contribution in [0.3, 0.4) is 0 Å². The van der Waals surface area contributed by atoms with Crippen LogP contribution in [0.5, 0.6) is 0 Å². The number of piperidine rings is 1. The summed E-state index contributed by atoms with van der Waals surface area (Å²) < 4.78 is 0. The fraction of sp³-hybridized carbons (Fsp3) is 0.364. The number of imidazole rings is 1. The van der Waals surface area contributed by atoms with Crippen LogP contribution in [0, 0.1) is 0 Å². The molecule has 40 heavy (non-hydrogen) atoms. The van der Waals surface area contributed by atoms with Crippen molar-refractivity contribution in [2.24, 2.45) is 0 Å². The highest BCUT2D eigenvalue weighted by Crippen LogP contribution is 2.29. The van der Waals surface area contributed by atoms with Gasteiger partial charge < -0.3 is 15.0 Å². The summed E-state index contributed by atoms with van der Waals surface area (Å²) in [5.74, 6) is 1.03. The number of aromatic nitrogens is 2. The Morgan fingerprint density at radius 3 is 2.35 bits per heavy atom. The van der Waals surface area contributed by atoms with Crippen molar-refractivity contribution < 1.29 is 14.7 Å². The Kier molecular flexibility index (Phi) is 7.92. The lowest BCUT2D eigenvalue weighted by atomic mass is 9.93. The number of fused-ring (bicyclic) bond motifs is 1. The maximum absolute atomic E-state index is 13.7. The molecule has 7 heteroatoms. The van der Waals surface area contributed by atoms with Crippen LogP contribution >= 0.6 is 0 Å². The van der Waals surface area contributed by atoms with E-state index in [0.29, 0.717) is 19.5 Å². The molecular formula is C33H38N4O3. The van der Waals surface area contributed by atoms with Gasteiger partial charge in [0, 0.05) is 37.0 Å². The number of carbonyl (C=O) groups excluding carboxylic acids is 1. The molecule has 4 aromatic rings. The highest BCUT2D eigenvalue weighted by molar-refractivity contribution is 5.78. The van der Waals surface area contributed by atoms with E-state index in [1.807, 2.05) is 80.3 Å². The third-order valence-electron chi connectivity index (χ3n) is 7.81. The van der Waals surface area contributed by atoms with Crippen LogP contribution in [-0.4, -0.2) is 61.5 Å². The average Bonchev–Trinajstić information content (AvgIpc) is 3.38. The molecule has 0 radical (unpaired) electrons. The molecule has 0 unspecified atom stereocenters. The van der Waals surface area contributed by atoms with E-state index in [9.17, 15) is 14.7 Å². The smallest absolute Gasteiger partial charge is 0.408 e. The molecule has 2 amide bonds. The van der Waals surface area contributed by atoms with Gasteiger partial charge in [-0.15, -0.1) is 0 Å². The van der Waals surface area contributed by atoms with Gasteiger partial charge in [0.05, 0.1) is 11.0 Å². The van der Waals surface area contributed by atoms with Crippen LogP contribution in [0.1, 0.15) is 57.3 Å². The largest absolute Gasteiger partial charge is 0.465 e. The zero-order chi connectivity index (χ0) is 28.3. The maximum atomic E-state index is 13.7. The molecule has 3 aromatic carbocycles. The first-order valence-corrected chi connectivity index (χ1v) is 14.1. The number of benzene rings is 3. The molecule has 1 aliphatic rings. The standard InChI is InChI=1S/C33H38N4O3/c1-33(2,3)37(32(39)40)27(20-23-15-17-25(18-16-23)24-10-5-4-6-11-24)21-30(38)36-19-9-12-26(22-36)31-34-28-13-7-8-14-29(28)35-31/h4-8,10-11,13-18,26-27H,9,12,19-22H2,1-3H3,(H,34,35)(H,39,40)/t26-,27-/m1/s1. The van der Waals surface area contributed by atoms with Crippen molar-refractivity contribution in [3.63, 3.8) is 0 Å². The molecule has 1 aliphatic heterocycles. The van der Waals surface area contributed by atoms with Crippen molar-refractivity contribution >= 4 is 23.0 Å². The fourth-order valence-electron chi connectivity index (χ4n) is 5.90. The van der Waals surface area contributed by atoms with E-state index in [4.69, 9.17) is 4.98 Å². The van der Waals surface area contributed by atoms with E-state index in [1.54, 1.807) is 0 Å². The lowest BCUT2D eigenvalue weighted by Crippen LogP contribution is -2.54. The Labute approximate surface area is 235 Å². The van der Waals surface area contributed by atoms with Crippen molar-refractivity contribution in [2.75, 3.05) is 13.1 Å². The number of hydrogen-bond acceptors (Lipinski definition) is 3. The summed E-state index contributed by atoms with van der Waals surface area (Å²) in [6.07, 6.45) is 1.44. The predicted octanol–water partition coefficient (Wildman–Crippen LogP) is 6.72. The third kappa shape index (κ3) is 6.19. The molecule has 7 nitrogen and oxygen atoms in total. The molecule has 2 heterocycles. The van der Waals surface area contributed by atoms with E-state index >= 15 is 0 Å². The zero-order valence-corrected chi connectivity index (χ0v) is 23.5. The molecule has 1 saturated heterocycles. The fourth-order valence-corrected chi connectivity index (χ4v) is 5.90. The quantitative estimate of drug-likeness (QED) is 0.273. The number of H-pyrrole nitrogens is 1. The number of amides is 2. The van der Waals surface area contributed by atoms with Crippen molar-refractivity contribution in [3.8, 4) is 11.1 Å². The van der Waals surface area contributed by atoms with Gasteiger partial charge in [-0.1, -0.05) is 66.7 Å². The minimum Gasteiger partial charge on any atom is -0.465 e. The summed E-state index contributed by atoms with van der Waals surface area (Å²) >= 11 is 0. The van der Waals surface area contributed by atoms with Crippen LogP contribution in [-0.2, 0) is 11.2 Å². The van der Waals surface area contributed by atoms with Gasteiger partial charge in [-0.2, -0.15) is 0 Å². The van der Waals surface area contributed by atoms with E-state index < -0.39 is 17.7 Å². The van der Waals surface area contributed by atoms with Crippen molar-refractivity contribution in [1.29, 1.82) is 0 Å². The van der Waals surface area contributed by atoms with Crippen LogP contribution in [0.25, 0.3) is 22.2 Å². The van der Waals surface area contributed by atoms with Gasteiger partial charge in [-0.05, 0) is 68.9 Å². The second kappa shape index (κ2) is 11.5. The molecule has 1 aromatic heterocycles. The third-order valence-corrected chi connectivity index (χ3v) is 7.81. The minimum absolute atomic E-state index is 0.0118. The lowest BCUT2D eigenvalue weighted by molar-refractivity contribution is -0.134. The van der Waals surface area contributed by atoms with E-state index in [1.165, 1.54) is 4.90 Å². The van der Waals surface area contributed by atoms with Gasteiger partial charge >= 0.3 is 6.09 Å². The van der Waals surface area contributed by atoms with Crippen molar-refractivity contribution in [3.05, 3.63) is 90.3 Å². The second-order valence-electron chi connectivity index (χ2n) is 11.8. The number of hydrogen-bond donors (Lipinski definition) is 2. The van der Waals surface area contributed by atoms with Gasteiger partial charge in [0.15, 0.2) is 0 Å². The van der Waals surface area contributed by atoms with E-state index in [2.05, 4.69) is 29.2 Å². The van der Waals surface area contributed by atoms with Crippen LogP contribution in [0.4, 0.5) is 4.79 Å². The minimum atomic E-state index is -1.01. The molecule has 5 rings (SSSR count). The summed E-state index contributed by atoms with van der Waals surface area (Å²) in [6, 6.07) is 25.8. The molecule has 0 saturated carbocycles. The SMILES string of the molecule is CC(C)(C)N(C(=O)O)[C@@H](CC(=O)N1CCC[C@@H](c2nc3ccccc3[nH]2)C1)Cc1ccc(-c2ccccc2)cc1. The zero-order valence-electron chi connectivity index (χ0n) is 23.5. The predicted molar refractivity (Wildman–Crippen MR) is 158 cm³/mol. The molecule has 0 aliphatic carbocycles. The lowest BCUT2D eigenvalue weighted by Gasteiger charge is -2.41. The number of nitrogens with one attached hydrogen (secondary N) is 1. The van der Waals surface area contributed by atoms with Gasteiger partial charge in [0.2, 0.25) is 5.91 Å². The number of carboxylic acid groups (broad SMARTS) is 1. The Bertz CT molecular complexity index is 1420. The Morgan fingerprint density at radius 2 is 1.68 bits per heavy atom. The first-order chi connectivity index (χ1) is 19.2. The van der Waals surface area contributed by atoms with E-state index in [-0.39, 0.29) is 18.2 Å². The first-order valence-electron chi connectivity index (χ1n) is 14.1. The number of nitrogens with zero attached hydrogens (tertiary/aromatic N) is 3. The van der Waals surface area contributed by atoms with Crippen LogP contribution in [0.2, 0.25) is 0 Å². The summed E-state index contributed by atoms with van der Waals surface area (Å²) in [7, 11) is 0. The summed E-state index contributed by atoms with van der Waals surface area (Å²) in [6.45, 7) is 6.91. The highest BCUT2D eigenvalue weighted by atomic mass is 16.4. The normalized spacial score (nSPS) is 16.6. The monoisotopic (exact) mass is 538 g/mol. The topological polar surface area (TPSA) is 89.5 Å². The number of rotatable bonds is 7. The Balaban J connectivity index is 1.34. The van der Waals surface area contributed by atoms with Gasteiger partial charge in [0.1, 0.15) is 5.82 Å². The van der Waals surface area contributed by atoms with Gasteiger partial charge in [0.25, 0.3) is 0 Å². The number of likely N-dealkylation sites (tertiary alicyclic amines) is 1. The number of para-hydroxylation sites is 2. The van der Waals surface area contributed by atoms with Crippen LogP contribution < -0.4 is 0 Å². The van der Waals surface area contributed by atoms with Gasteiger partial charge in [-0.3, -0.25) is 9.69 Å². The molecule has 2 atom stereocenters. The molecule has 2 N–H and O–H groups in total. The maximum Gasteiger partial charge on any atom is 0.408 e. The highest BCUT2D eigenvalue weighted by Gasteiger charge is 2.36. The average molecular weight is 539 g/mol. The Hall–Kier alpha value is -4.13. The summed E-state index contributed by atoms with van der Waals surface area (Å²) in [5, 5.41) is 10.2. The molecular weight excluding hydrogens is 500 g/mol. The number of carbonyl (C=O) groups is 2. The van der Waals surface area contributed by atoms with Gasteiger partial charge in [-0.25, -0.2) is 9.78 Å². The number of aromatic amines is 1. The molecule has 208 valence electrons. The van der Waals surface area contributed by atoms with Crippen LogP contribution in [0.15, 0.2) is 78.9 Å². The van der Waals surface area contributed by atoms with Crippen molar-refractivity contribution in [2.45, 2.75) is 64.0 Å². The molecule has 0 bridgehead atoms. The summed E-state index contributed by atoms with van der Waals surface area (Å²) in [5.41, 5.74) is 4.52. The summed E-state index contributed by atoms with van der Waals surface area (Å²) in [4.78, 5) is 37.8. The molecule has 1 fully saturated rings. The van der Waals surface area contributed by atoms with Crippen molar-refractivity contribution in [1.82, 2.24) is 19.8 Å². The second-order valence-corrected chi connectivity index (χ2v) is 11.8. The molecule has 0 spiro atoms. The first kappa shape index (κ1) is 27.4. The Morgan fingerprint density at radius 1 is 1.00 bits per heavy atom.